The summed E-state index contributed by atoms with van der Waals surface area (Å²) in [6, 6.07) is 1.74. The molecule has 0 aromatic carbocycles. The van der Waals surface area contributed by atoms with Crippen molar-refractivity contribution in [2.75, 3.05) is 0 Å². The highest BCUT2D eigenvalue weighted by Gasteiger charge is 2.19. The van der Waals surface area contributed by atoms with E-state index in [4.69, 9.17) is 0 Å². The SMILES string of the molecule is C1CCC(NC2CCCCC2)CC1.CCCC.F. The first-order valence-electron chi connectivity index (χ1n) is 8.12. The van der Waals surface area contributed by atoms with E-state index in [-0.39, 0.29) is 4.70 Å². The lowest BCUT2D eigenvalue weighted by atomic mass is 9.91. The summed E-state index contributed by atoms with van der Waals surface area (Å²) in [5, 5.41) is 3.86. The quantitative estimate of drug-likeness (QED) is 0.734. The monoisotopic (exact) mass is 259 g/mol. The molecule has 2 saturated carbocycles. The standard InChI is InChI=1S/C12H23N.C4H10.FH/c1-3-7-11(8-4-1)13-12-9-5-2-6-10-12;1-3-4-2;/h11-13H,1-10H2;3-4H2,1-2H3;1H. The summed E-state index contributed by atoms with van der Waals surface area (Å²) in [4.78, 5) is 0. The van der Waals surface area contributed by atoms with Crippen LogP contribution in [0.15, 0.2) is 0 Å². The molecule has 110 valence electrons. The second-order valence-corrected chi connectivity index (χ2v) is 5.84. The fourth-order valence-corrected chi connectivity index (χ4v) is 2.87. The third-order valence-corrected chi connectivity index (χ3v) is 4.18. The van der Waals surface area contributed by atoms with Crippen molar-refractivity contribution in [1.82, 2.24) is 5.32 Å². The van der Waals surface area contributed by atoms with Gasteiger partial charge in [0, 0.05) is 12.1 Å². The maximum absolute atomic E-state index is 3.86. The first-order valence-corrected chi connectivity index (χ1v) is 8.12. The van der Waals surface area contributed by atoms with Crippen molar-refractivity contribution in [3.8, 4) is 0 Å². The normalized spacial score (nSPS) is 21.7. The fraction of sp³-hybridized carbons (Fsp3) is 1.00. The van der Waals surface area contributed by atoms with Gasteiger partial charge < -0.3 is 5.32 Å². The van der Waals surface area contributed by atoms with Gasteiger partial charge in [0.25, 0.3) is 0 Å². The van der Waals surface area contributed by atoms with E-state index >= 15 is 0 Å². The average Bonchev–Trinajstić information content (AvgIpc) is 2.41. The molecule has 1 N–H and O–H groups in total. The van der Waals surface area contributed by atoms with E-state index in [2.05, 4.69) is 19.2 Å². The van der Waals surface area contributed by atoms with Crippen LogP contribution < -0.4 is 5.32 Å². The highest BCUT2D eigenvalue weighted by molar-refractivity contribution is 4.79. The van der Waals surface area contributed by atoms with Crippen molar-refractivity contribution >= 4 is 0 Å². The Balaban J connectivity index is 0.000000512. The van der Waals surface area contributed by atoms with E-state index in [9.17, 15) is 0 Å². The fourth-order valence-electron chi connectivity index (χ4n) is 2.87. The van der Waals surface area contributed by atoms with E-state index in [1.54, 1.807) is 0 Å². The molecule has 2 aliphatic carbocycles. The molecule has 0 amide bonds. The number of rotatable bonds is 3. The predicted octanol–water partition coefficient (Wildman–Crippen LogP) is 5.20. The summed E-state index contributed by atoms with van der Waals surface area (Å²) >= 11 is 0. The molecule has 0 unspecified atom stereocenters. The van der Waals surface area contributed by atoms with Crippen LogP contribution in [0.4, 0.5) is 4.70 Å². The van der Waals surface area contributed by atoms with E-state index in [1.165, 1.54) is 77.0 Å². The molecule has 2 rings (SSSR count). The third-order valence-electron chi connectivity index (χ3n) is 4.18. The van der Waals surface area contributed by atoms with Crippen LogP contribution in [0.1, 0.15) is 90.9 Å². The molecule has 18 heavy (non-hydrogen) atoms. The zero-order valence-corrected chi connectivity index (χ0v) is 12.5. The van der Waals surface area contributed by atoms with E-state index in [0.29, 0.717) is 0 Å². The van der Waals surface area contributed by atoms with Gasteiger partial charge in [-0.2, -0.15) is 0 Å². The van der Waals surface area contributed by atoms with Crippen LogP contribution in [0.5, 0.6) is 0 Å². The van der Waals surface area contributed by atoms with Crippen molar-refractivity contribution in [3.63, 3.8) is 0 Å². The minimum absolute atomic E-state index is 0. The number of hydrogen-bond donors (Lipinski definition) is 1. The van der Waals surface area contributed by atoms with Crippen LogP contribution >= 0.6 is 0 Å². The molecule has 0 atom stereocenters. The van der Waals surface area contributed by atoms with Crippen LogP contribution in [0.3, 0.4) is 0 Å². The Morgan fingerprint density at radius 1 is 0.667 bits per heavy atom. The Morgan fingerprint density at radius 2 is 1.00 bits per heavy atom. The molecule has 2 fully saturated rings. The smallest absolute Gasteiger partial charge is 0.00696 e. The average molecular weight is 259 g/mol. The molecule has 0 spiro atoms. The van der Waals surface area contributed by atoms with Crippen LogP contribution in [0, 0.1) is 0 Å². The number of unbranched alkanes of at least 4 members (excludes halogenated alkanes) is 1. The van der Waals surface area contributed by atoms with Gasteiger partial charge in [-0.25, -0.2) is 0 Å². The maximum Gasteiger partial charge on any atom is 0.00696 e. The van der Waals surface area contributed by atoms with Gasteiger partial charge in [0.1, 0.15) is 0 Å². The van der Waals surface area contributed by atoms with Crippen LogP contribution in [0.2, 0.25) is 0 Å². The molecule has 0 heterocycles. The predicted molar refractivity (Wildman–Crippen MR) is 80.0 cm³/mol. The van der Waals surface area contributed by atoms with E-state index in [1.807, 2.05) is 0 Å². The maximum atomic E-state index is 3.86. The minimum atomic E-state index is 0. The largest absolute Gasteiger partial charge is 0.311 e. The topological polar surface area (TPSA) is 12.0 Å². The summed E-state index contributed by atoms with van der Waals surface area (Å²) < 4.78 is 0. The molecule has 2 heteroatoms. The van der Waals surface area contributed by atoms with Gasteiger partial charge in [-0.1, -0.05) is 65.2 Å². The summed E-state index contributed by atoms with van der Waals surface area (Å²) in [7, 11) is 0. The minimum Gasteiger partial charge on any atom is -0.311 e. The second-order valence-electron chi connectivity index (χ2n) is 5.84. The molecule has 0 saturated heterocycles. The van der Waals surface area contributed by atoms with Gasteiger partial charge in [-0.05, 0) is 25.7 Å². The van der Waals surface area contributed by atoms with Crippen molar-refractivity contribution in [2.45, 2.75) is 103 Å². The zero-order valence-electron chi connectivity index (χ0n) is 12.5. The Hall–Kier alpha value is -0.110. The van der Waals surface area contributed by atoms with Gasteiger partial charge in [-0.15, -0.1) is 0 Å². The Kier molecular flexibility index (Phi) is 11.9. The second kappa shape index (κ2) is 12.0. The first kappa shape index (κ1) is 17.9. The van der Waals surface area contributed by atoms with Crippen molar-refractivity contribution in [3.05, 3.63) is 0 Å². The van der Waals surface area contributed by atoms with Gasteiger partial charge in [-0.3, -0.25) is 4.70 Å². The lowest BCUT2D eigenvalue weighted by molar-refractivity contribution is 0.291. The van der Waals surface area contributed by atoms with Gasteiger partial charge in [0.2, 0.25) is 0 Å². The molecule has 0 aromatic rings. The first-order chi connectivity index (χ1) is 8.36. The number of hydrogen-bond acceptors (Lipinski definition) is 1. The number of halogens is 1. The van der Waals surface area contributed by atoms with Crippen LogP contribution in [0.25, 0.3) is 0 Å². The Bertz CT molecular complexity index is 142. The van der Waals surface area contributed by atoms with Gasteiger partial charge in [0.05, 0.1) is 0 Å². The lowest BCUT2D eigenvalue weighted by Gasteiger charge is -2.30. The van der Waals surface area contributed by atoms with Crippen molar-refractivity contribution < 1.29 is 4.70 Å². The van der Waals surface area contributed by atoms with Crippen LogP contribution in [-0.2, 0) is 0 Å². The molecule has 0 aromatic heterocycles. The summed E-state index contributed by atoms with van der Waals surface area (Å²) in [6.45, 7) is 4.36. The third kappa shape index (κ3) is 8.07. The molecule has 1 nitrogen and oxygen atoms in total. The molecular formula is C16H34FN. The summed E-state index contributed by atoms with van der Waals surface area (Å²) in [6.07, 6.45) is 17.2. The molecule has 0 radical (unpaired) electrons. The van der Waals surface area contributed by atoms with Crippen LogP contribution in [-0.4, -0.2) is 12.1 Å². The molecule has 2 aliphatic rings. The van der Waals surface area contributed by atoms with Gasteiger partial charge in [0.15, 0.2) is 0 Å². The van der Waals surface area contributed by atoms with Crippen molar-refractivity contribution in [1.29, 1.82) is 0 Å². The van der Waals surface area contributed by atoms with Gasteiger partial charge >= 0.3 is 0 Å². The zero-order chi connectivity index (χ0) is 12.3. The highest BCUT2D eigenvalue weighted by Crippen LogP contribution is 2.22. The summed E-state index contributed by atoms with van der Waals surface area (Å²) in [5.41, 5.74) is 0. The Morgan fingerprint density at radius 3 is 1.28 bits per heavy atom. The summed E-state index contributed by atoms with van der Waals surface area (Å²) in [5.74, 6) is 0. The lowest BCUT2D eigenvalue weighted by Crippen LogP contribution is -2.40. The Labute approximate surface area is 113 Å². The van der Waals surface area contributed by atoms with Crippen molar-refractivity contribution in [2.24, 2.45) is 0 Å². The van der Waals surface area contributed by atoms with E-state index in [0.717, 1.165) is 12.1 Å². The molecule has 0 bridgehead atoms. The molecule has 0 aliphatic heterocycles. The molecular weight excluding hydrogens is 225 g/mol. The number of nitrogens with one attached hydrogen (secondary N) is 1. The highest BCUT2D eigenvalue weighted by atomic mass is 19.0. The van der Waals surface area contributed by atoms with E-state index < -0.39 is 0 Å².